The van der Waals surface area contributed by atoms with Crippen molar-refractivity contribution in [3.05, 3.63) is 93.8 Å². The third-order valence-corrected chi connectivity index (χ3v) is 8.00. The van der Waals surface area contributed by atoms with Crippen LogP contribution in [0.25, 0.3) is 11.3 Å². The molecule has 1 aromatic heterocycles. The van der Waals surface area contributed by atoms with Gasteiger partial charge < -0.3 is 15.0 Å². The summed E-state index contributed by atoms with van der Waals surface area (Å²) in [6.07, 6.45) is 0.298. The fourth-order valence-corrected chi connectivity index (χ4v) is 5.66. The molecule has 0 saturated heterocycles. The van der Waals surface area contributed by atoms with Gasteiger partial charge in [0.05, 0.1) is 30.6 Å². The molecule has 3 amide bonds. The third kappa shape index (κ3) is 6.05. The normalized spacial score (nSPS) is 13.1. The number of thiazole rings is 1. The van der Waals surface area contributed by atoms with E-state index >= 15 is 0 Å². The fraction of sp³-hybridized carbons (Fsp3) is 0.194. The molecule has 2 heterocycles. The summed E-state index contributed by atoms with van der Waals surface area (Å²) in [6, 6.07) is 19.8. The van der Waals surface area contributed by atoms with Gasteiger partial charge in [-0.1, -0.05) is 42.8 Å². The van der Waals surface area contributed by atoms with Crippen molar-refractivity contribution in [2.24, 2.45) is 0 Å². The number of Topliss-reactive ketones (excluding diaryl/α,β-unsaturated/α-hetero) is 1. The number of aromatic nitrogens is 1. The van der Waals surface area contributed by atoms with E-state index in [2.05, 4.69) is 5.32 Å². The molecule has 1 unspecified atom stereocenters. The molecule has 4 aromatic rings. The van der Waals surface area contributed by atoms with Crippen molar-refractivity contribution in [3.8, 4) is 17.0 Å². The average Bonchev–Trinajstić information content (AvgIpc) is 3.56. The Morgan fingerprint density at radius 2 is 1.76 bits per heavy atom. The largest absolute Gasteiger partial charge is 0.497 e. The van der Waals surface area contributed by atoms with Gasteiger partial charge in [0.15, 0.2) is 0 Å². The molecule has 3 aromatic carbocycles. The SMILES string of the molecule is CCC(C(=O)Nc1ccc(OC)cc1)N(Cc1nc(-c2ccc(Cl)cc2)cs1)C(=O)CN1C(=O)C(=O)c2ccccc21. The van der Waals surface area contributed by atoms with Crippen molar-refractivity contribution in [2.75, 3.05) is 23.9 Å². The van der Waals surface area contributed by atoms with E-state index in [0.717, 1.165) is 5.56 Å². The van der Waals surface area contributed by atoms with Crippen LogP contribution < -0.4 is 15.0 Å². The number of amides is 3. The molecule has 1 aliphatic heterocycles. The first-order valence-electron chi connectivity index (χ1n) is 13.2. The lowest BCUT2D eigenvalue weighted by molar-refractivity contribution is -0.138. The number of carbonyl (C=O) groups excluding carboxylic acids is 4. The number of hydrogen-bond donors (Lipinski definition) is 1. The van der Waals surface area contributed by atoms with Crippen molar-refractivity contribution in [3.63, 3.8) is 0 Å². The Labute approximate surface area is 251 Å². The van der Waals surface area contributed by atoms with Crippen LogP contribution in [0, 0.1) is 0 Å². The minimum atomic E-state index is -0.883. The molecule has 1 aliphatic rings. The van der Waals surface area contributed by atoms with Gasteiger partial charge >= 0.3 is 0 Å². The number of ketones is 1. The zero-order chi connectivity index (χ0) is 29.8. The van der Waals surface area contributed by atoms with Crippen molar-refractivity contribution in [1.82, 2.24) is 9.88 Å². The smallest absolute Gasteiger partial charge is 0.299 e. The predicted octanol–water partition coefficient (Wildman–Crippen LogP) is 5.45. The maximum atomic E-state index is 13.9. The lowest BCUT2D eigenvalue weighted by Gasteiger charge is -2.31. The van der Waals surface area contributed by atoms with Crippen LogP contribution in [-0.4, -0.2) is 53.1 Å². The summed E-state index contributed by atoms with van der Waals surface area (Å²) in [4.78, 5) is 60.1. The highest BCUT2D eigenvalue weighted by molar-refractivity contribution is 7.09. The van der Waals surface area contributed by atoms with Gasteiger partial charge in [-0.05, 0) is 55.0 Å². The van der Waals surface area contributed by atoms with Crippen LogP contribution in [0.1, 0.15) is 28.7 Å². The summed E-state index contributed by atoms with van der Waals surface area (Å²) in [7, 11) is 1.55. The molecule has 0 spiro atoms. The van der Waals surface area contributed by atoms with E-state index in [1.54, 1.807) is 74.7 Å². The highest BCUT2D eigenvalue weighted by Gasteiger charge is 2.39. The van der Waals surface area contributed by atoms with Gasteiger partial charge in [-0.2, -0.15) is 0 Å². The van der Waals surface area contributed by atoms with E-state index in [1.807, 2.05) is 17.5 Å². The first kappa shape index (κ1) is 29.0. The summed E-state index contributed by atoms with van der Waals surface area (Å²) in [5.74, 6) is -1.69. The van der Waals surface area contributed by atoms with Crippen molar-refractivity contribution < 1.29 is 23.9 Å². The zero-order valence-electron chi connectivity index (χ0n) is 22.9. The number of nitrogens with one attached hydrogen (secondary N) is 1. The van der Waals surface area contributed by atoms with Crippen molar-refractivity contribution >= 4 is 57.8 Å². The Morgan fingerprint density at radius 3 is 2.45 bits per heavy atom. The summed E-state index contributed by atoms with van der Waals surface area (Å²) in [6.45, 7) is 1.44. The van der Waals surface area contributed by atoms with Crippen LogP contribution in [0.2, 0.25) is 5.02 Å². The third-order valence-electron chi connectivity index (χ3n) is 6.91. The molecule has 11 heteroatoms. The van der Waals surface area contributed by atoms with E-state index in [9.17, 15) is 19.2 Å². The van der Waals surface area contributed by atoms with Crippen LogP contribution in [0.5, 0.6) is 5.75 Å². The summed E-state index contributed by atoms with van der Waals surface area (Å²) in [5, 5.41) is 5.96. The maximum Gasteiger partial charge on any atom is 0.299 e. The molecule has 9 nitrogen and oxygen atoms in total. The predicted molar refractivity (Wildman–Crippen MR) is 162 cm³/mol. The first-order chi connectivity index (χ1) is 20.3. The number of hydrogen-bond acceptors (Lipinski definition) is 7. The Kier molecular flexibility index (Phi) is 8.65. The highest BCUT2D eigenvalue weighted by atomic mass is 35.5. The van der Waals surface area contributed by atoms with Crippen LogP contribution >= 0.6 is 22.9 Å². The van der Waals surface area contributed by atoms with Gasteiger partial charge in [0.1, 0.15) is 23.3 Å². The Morgan fingerprint density at radius 1 is 1.05 bits per heavy atom. The Bertz CT molecular complexity index is 1640. The number of para-hydroxylation sites is 1. The number of nitrogens with zero attached hydrogens (tertiary/aromatic N) is 3. The summed E-state index contributed by atoms with van der Waals surface area (Å²) in [5.41, 5.74) is 2.74. The van der Waals surface area contributed by atoms with E-state index in [-0.39, 0.29) is 12.1 Å². The average molecular weight is 603 g/mol. The molecule has 214 valence electrons. The molecule has 5 rings (SSSR count). The van der Waals surface area contributed by atoms with E-state index < -0.39 is 36.1 Å². The van der Waals surface area contributed by atoms with Crippen LogP contribution in [0.15, 0.2) is 78.2 Å². The number of fused-ring (bicyclic) bond motifs is 1. The summed E-state index contributed by atoms with van der Waals surface area (Å²) < 4.78 is 5.19. The van der Waals surface area contributed by atoms with Gasteiger partial charge in [0.2, 0.25) is 11.8 Å². The molecular weight excluding hydrogens is 576 g/mol. The number of ether oxygens (including phenoxy) is 1. The van der Waals surface area contributed by atoms with E-state index in [4.69, 9.17) is 21.3 Å². The second-order valence-corrected chi connectivity index (χ2v) is 10.9. The maximum absolute atomic E-state index is 13.9. The first-order valence-corrected chi connectivity index (χ1v) is 14.4. The number of methoxy groups -OCH3 is 1. The number of benzene rings is 3. The molecule has 0 radical (unpaired) electrons. The van der Waals surface area contributed by atoms with Crippen LogP contribution in [0.4, 0.5) is 11.4 Å². The Hall–Kier alpha value is -4.54. The zero-order valence-corrected chi connectivity index (χ0v) is 24.4. The molecule has 1 N–H and O–H groups in total. The number of rotatable bonds is 10. The second kappa shape index (κ2) is 12.5. The lowest BCUT2D eigenvalue weighted by Crippen LogP contribution is -2.50. The number of anilines is 2. The molecule has 0 bridgehead atoms. The molecule has 42 heavy (non-hydrogen) atoms. The molecule has 0 saturated carbocycles. The van der Waals surface area contributed by atoms with Crippen molar-refractivity contribution in [2.45, 2.75) is 25.9 Å². The highest BCUT2D eigenvalue weighted by Crippen LogP contribution is 2.30. The minimum Gasteiger partial charge on any atom is -0.497 e. The quantitative estimate of drug-likeness (QED) is 0.242. The minimum absolute atomic E-state index is 0.0310. The van der Waals surface area contributed by atoms with Gasteiger partial charge in [-0.3, -0.25) is 24.1 Å². The number of carbonyl (C=O) groups is 4. The summed E-state index contributed by atoms with van der Waals surface area (Å²) >= 11 is 7.38. The second-order valence-electron chi connectivity index (χ2n) is 9.53. The standard InChI is InChI=1S/C31H27ClN4O5S/c1-3-25(30(39)33-21-12-14-22(41-2)15-13-21)35(16-27-34-24(18-42-27)19-8-10-20(32)11-9-19)28(37)17-36-26-7-5-4-6-23(26)29(38)31(36)40/h4-15,18,25H,3,16-17H2,1-2H3,(H,33,39). The molecular formula is C31H27ClN4O5S. The fourth-order valence-electron chi connectivity index (χ4n) is 4.73. The molecule has 0 fully saturated rings. The van der Waals surface area contributed by atoms with Gasteiger partial charge in [-0.25, -0.2) is 4.98 Å². The topological polar surface area (TPSA) is 109 Å². The molecule has 1 atom stereocenters. The Balaban J connectivity index is 1.43. The van der Waals surface area contributed by atoms with Gasteiger partial charge in [-0.15, -0.1) is 11.3 Å². The molecule has 0 aliphatic carbocycles. The lowest BCUT2D eigenvalue weighted by atomic mass is 10.1. The van der Waals surface area contributed by atoms with E-state index in [1.165, 1.54) is 21.1 Å². The number of halogens is 1. The van der Waals surface area contributed by atoms with Gasteiger partial charge in [0.25, 0.3) is 11.7 Å². The van der Waals surface area contributed by atoms with Crippen LogP contribution in [0.3, 0.4) is 0 Å². The van der Waals surface area contributed by atoms with Crippen molar-refractivity contribution in [1.29, 1.82) is 0 Å². The van der Waals surface area contributed by atoms with E-state index in [0.29, 0.717) is 39.3 Å². The van der Waals surface area contributed by atoms with Gasteiger partial charge in [0, 0.05) is 21.7 Å². The monoisotopic (exact) mass is 602 g/mol. The van der Waals surface area contributed by atoms with Crippen LogP contribution in [-0.2, 0) is 20.9 Å².